The molecular weight excluding hydrogens is 378 g/mol. The summed E-state index contributed by atoms with van der Waals surface area (Å²) in [5, 5.41) is 1.06. The van der Waals surface area contributed by atoms with Crippen LogP contribution in [0.1, 0.15) is 47.8 Å². The van der Waals surface area contributed by atoms with Crippen LogP contribution in [0.5, 0.6) is 0 Å². The first-order valence-electron chi connectivity index (χ1n) is 10.2. The molecule has 0 atom stereocenters. The number of aromatic nitrogens is 1. The molecule has 29 heavy (non-hydrogen) atoms. The van der Waals surface area contributed by atoms with Crippen molar-refractivity contribution >= 4 is 32.6 Å². The van der Waals surface area contributed by atoms with E-state index in [2.05, 4.69) is 63.8 Å². The maximum absolute atomic E-state index is 12.9. The van der Waals surface area contributed by atoms with Crippen molar-refractivity contribution in [1.82, 2.24) is 9.88 Å². The second-order valence-electron chi connectivity index (χ2n) is 9.01. The van der Waals surface area contributed by atoms with Crippen LogP contribution in [-0.4, -0.2) is 42.0 Å². The number of rotatable bonds is 2. The number of piperazine rings is 1. The Hall–Kier alpha value is -2.40. The molecule has 1 aliphatic rings. The molecule has 152 valence electrons. The van der Waals surface area contributed by atoms with Crippen molar-refractivity contribution in [3.8, 4) is 0 Å². The number of fused-ring (bicyclic) bond motifs is 1. The summed E-state index contributed by atoms with van der Waals surface area (Å²) in [5.74, 6) is 0.126. The highest BCUT2D eigenvalue weighted by atomic mass is 32.1. The Morgan fingerprint density at radius 3 is 2.21 bits per heavy atom. The molecule has 1 saturated heterocycles. The minimum absolute atomic E-state index is 0.0987. The maximum atomic E-state index is 12.9. The van der Waals surface area contributed by atoms with E-state index < -0.39 is 0 Å². The van der Waals surface area contributed by atoms with Gasteiger partial charge in [0.1, 0.15) is 0 Å². The second-order valence-corrected chi connectivity index (χ2v) is 10.0. The highest BCUT2D eigenvalue weighted by Crippen LogP contribution is 2.31. The summed E-state index contributed by atoms with van der Waals surface area (Å²) in [6.45, 7) is 13.9. The molecule has 1 amide bonds. The van der Waals surface area contributed by atoms with Crippen LogP contribution in [0, 0.1) is 13.8 Å². The third-order valence-electron chi connectivity index (χ3n) is 5.83. The van der Waals surface area contributed by atoms with Crippen molar-refractivity contribution in [1.29, 1.82) is 0 Å². The van der Waals surface area contributed by atoms with E-state index >= 15 is 0 Å². The second kappa shape index (κ2) is 7.45. The number of anilines is 1. The minimum atomic E-state index is 0.0987. The predicted molar refractivity (Wildman–Crippen MR) is 122 cm³/mol. The van der Waals surface area contributed by atoms with Crippen molar-refractivity contribution in [3.63, 3.8) is 0 Å². The average molecular weight is 408 g/mol. The van der Waals surface area contributed by atoms with Gasteiger partial charge in [-0.05, 0) is 60.2 Å². The lowest BCUT2D eigenvalue weighted by molar-refractivity contribution is 0.0746. The molecule has 1 fully saturated rings. The summed E-state index contributed by atoms with van der Waals surface area (Å²) in [4.78, 5) is 22.0. The van der Waals surface area contributed by atoms with Crippen LogP contribution < -0.4 is 4.90 Å². The summed E-state index contributed by atoms with van der Waals surface area (Å²) >= 11 is 1.75. The van der Waals surface area contributed by atoms with E-state index in [4.69, 9.17) is 4.98 Å². The fourth-order valence-electron chi connectivity index (χ4n) is 3.70. The first-order valence-corrected chi connectivity index (χ1v) is 11.1. The third-order valence-corrected chi connectivity index (χ3v) is 6.91. The van der Waals surface area contributed by atoms with Crippen LogP contribution in [-0.2, 0) is 5.41 Å². The lowest BCUT2D eigenvalue weighted by atomic mass is 9.86. The van der Waals surface area contributed by atoms with Gasteiger partial charge in [0.2, 0.25) is 0 Å². The summed E-state index contributed by atoms with van der Waals surface area (Å²) in [5.41, 5.74) is 5.78. The molecule has 0 unspecified atom stereocenters. The Kier molecular flexibility index (Phi) is 5.11. The molecule has 5 heteroatoms. The fraction of sp³-hybridized carbons (Fsp3) is 0.417. The smallest absolute Gasteiger partial charge is 0.253 e. The van der Waals surface area contributed by atoms with Crippen LogP contribution in [0.4, 0.5) is 5.13 Å². The van der Waals surface area contributed by atoms with E-state index in [1.807, 2.05) is 17.0 Å². The topological polar surface area (TPSA) is 36.4 Å². The van der Waals surface area contributed by atoms with Crippen molar-refractivity contribution in [2.75, 3.05) is 31.1 Å². The van der Waals surface area contributed by atoms with Crippen LogP contribution in [0.3, 0.4) is 0 Å². The quantitative estimate of drug-likeness (QED) is 0.588. The van der Waals surface area contributed by atoms with Crippen molar-refractivity contribution in [2.45, 2.75) is 40.0 Å². The molecular formula is C24H29N3OS. The molecule has 0 radical (unpaired) electrons. The number of benzene rings is 2. The number of aryl methyl sites for hydroxylation is 2. The number of carbonyl (C=O) groups is 1. The molecule has 0 aliphatic carbocycles. The van der Waals surface area contributed by atoms with Gasteiger partial charge in [-0.2, -0.15) is 0 Å². The molecule has 0 saturated carbocycles. The number of thiazole rings is 1. The van der Waals surface area contributed by atoms with Crippen LogP contribution >= 0.6 is 11.3 Å². The largest absolute Gasteiger partial charge is 0.345 e. The number of amides is 1. The monoisotopic (exact) mass is 407 g/mol. The minimum Gasteiger partial charge on any atom is -0.345 e. The summed E-state index contributed by atoms with van der Waals surface area (Å²) in [7, 11) is 0. The van der Waals surface area contributed by atoms with E-state index in [9.17, 15) is 4.79 Å². The van der Waals surface area contributed by atoms with Crippen LogP contribution in [0.2, 0.25) is 0 Å². The molecule has 3 aromatic rings. The predicted octanol–water partition coefficient (Wildman–Crippen LogP) is 5.17. The number of hydrogen-bond acceptors (Lipinski definition) is 4. The first kappa shape index (κ1) is 19.9. The summed E-state index contributed by atoms with van der Waals surface area (Å²) in [6.07, 6.45) is 0. The zero-order chi connectivity index (χ0) is 20.8. The van der Waals surface area contributed by atoms with E-state index in [0.29, 0.717) is 0 Å². The third kappa shape index (κ3) is 4.01. The fourth-order valence-corrected chi connectivity index (χ4v) is 4.80. The molecule has 4 nitrogen and oxygen atoms in total. The molecule has 0 spiro atoms. The molecule has 1 aliphatic heterocycles. The van der Waals surface area contributed by atoms with Gasteiger partial charge in [-0.3, -0.25) is 4.79 Å². The molecule has 1 aromatic heterocycles. The van der Waals surface area contributed by atoms with Crippen molar-refractivity contribution in [2.24, 2.45) is 0 Å². The molecule has 2 aromatic carbocycles. The van der Waals surface area contributed by atoms with E-state index in [1.54, 1.807) is 11.3 Å². The Morgan fingerprint density at radius 1 is 0.966 bits per heavy atom. The maximum Gasteiger partial charge on any atom is 0.253 e. The van der Waals surface area contributed by atoms with Gasteiger partial charge in [-0.1, -0.05) is 44.2 Å². The number of carbonyl (C=O) groups excluding carboxylic acids is 1. The number of hydrogen-bond donors (Lipinski definition) is 0. The zero-order valence-corrected chi connectivity index (χ0v) is 18.8. The highest BCUT2D eigenvalue weighted by Gasteiger charge is 2.24. The van der Waals surface area contributed by atoms with Gasteiger partial charge < -0.3 is 9.80 Å². The van der Waals surface area contributed by atoms with Gasteiger partial charge >= 0.3 is 0 Å². The van der Waals surface area contributed by atoms with Crippen molar-refractivity contribution < 1.29 is 4.79 Å². The van der Waals surface area contributed by atoms with Gasteiger partial charge in [-0.25, -0.2) is 4.98 Å². The molecule has 0 bridgehead atoms. The molecule has 2 heterocycles. The van der Waals surface area contributed by atoms with E-state index in [0.717, 1.165) is 42.4 Å². The molecule has 4 rings (SSSR count). The summed E-state index contributed by atoms with van der Waals surface area (Å²) < 4.78 is 1.24. The Morgan fingerprint density at radius 2 is 1.59 bits per heavy atom. The number of nitrogens with zero attached hydrogens (tertiary/aromatic N) is 3. The van der Waals surface area contributed by atoms with Gasteiger partial charge in [-0.15, -0.1) is 0 Å². The lowest BCUT2D eigenvalue weighted by Gasteiger charge is -2.34. The Balaban J connectivity index is 1.43. The zero-order valence-electron chi connectivity index (χ0n) is 18.0. The van der Waals surface area contributed by atoms with Gasteiger partial charge in [0.05, 0.1) is 10.2 Å². The van der Waals surface area contributed by atoms with Gasteiger partial charge in [0.25, 0.3) is 5.91 Å². The van der Waals surface area contributed by atoms with Crippen molar-refractivity contribution in [3.05, 3.63) is 58.7 Å². The van der Waals surface area contributed by atoms with Gasteiger partial charge in [0.15, 0.2) is 5.13 Å². The highest BCUT2D eigenvalue weighted by molar-refractivity contribution is 7.22. The first-order chi connectivity index (χ1) is 13.7. The van der Waals surface area contributed by atoms with E-state index in [1.165, 1.54) is 21.4 Å². The van der Waals surface area contributed by atoms with Crippen LogP contribution in [0.25, 0.3) is 10.2 Å². The summed E-state index contributed by atoms with van der Waals surface area (Å²) in [6, 6.07) is 12.5. The average Bonchev–Trinajstić information content (AvgIpc) is 3.10. The van der Waals surface area contributed by atoms with Crippen LogP contribution in [0.15, 0.2) is 36.4 Å². The lowest BCUT2D eigenvalue weighted by Crippen LogP contribution is -2.48. The normalized spacial score (nSPS) is 15.2. The molecule has 0 N–H and O–H groups in total. The SMILES string of the molecule is Cc1cc2nc(N3CCN(C(=O)c4ccc(C(C)(C)C)cc4)CC3)sc2cc1C. The van der Waals surface area contributed by atoms with Gasteiger partial charge in [0, 0.05) is 31.7 Å². The Labute approximate surface area is 177 Å². The standard InChI is InChI=1S/C24H29N3OS/c1-16-14-20-21(15-17(16)2)29-23(25-20)27-12-10-26(11-13-27)22(28)18-6-8-19(9-7-18)24(3,4)5/h6-9,14-15H,10-13H2,1-5H3. The Bertz CT molecular complexity index is 999. The van der Waals surface area contributed by atoms with E-state index in [-0.39, 0.29) is 11.3 Å².